The normalized spacial score (nSPS) is 17.8. The Labute approximate surface area is 491 Å². The van der Waals surface area contributed by atoms with Crippen molar-refractivity contribution in [1.82, 2.24) is 9.55 Å². The minimum absolute atomic E-state index is 0. The third-order valence-corrected chi connectivity index (χ3v) is 17.9. The van der Waals surface area contributed by atoms with Gasteiger partial charge in [0.2, 0.25) is 0 Å². The molecule has 5 nitrogen and oxygen atoms in total. The summed E-state index contributed by atoms with van der Waals surface area (Å²) in [6.45, 7) is 37.0. The van der Waals surface area contributed by atoms with E-state index >= 15 is 0 Å². The first kappa shape index (κ1) is 49.6. The number of para-hydroxylation sites is 3. The van der Waals surface area contributed by atoms with Gasteiger partial charge in [0.1, 0.15) is 5.82 Å². The monoisotopic (exact) mass is 1220 g/mol. The molecule has 0 saturated heterocycles. The van der Waals surface area contributed by atoms with Crippen molar-refractivity contribution in [3.05, 3.63) is 197 Å². The van der Waals surface area contributed by atoms with Crippen LogP contribution in [0.25, 0.3) is 49.9 Å². The van der Waals surface area contributed by atoms with Crippen LogP contribution >= 0.6 is 0 Å². The fraction of sp³-hybridized carbons (Fsp3) is 0.342. The summed E-state index contributed by atoms with van der Waals surface area (Å²) in [6, 6.07) is 46.5. The van der Waals surface area contributed by atoms with E-state index in [0.717, 1.165) is 59.6 Å². The van der Waals surface area contributed by atoms with E-state index in [1.807, 2.05) is 31.2 Å². The largest absolute Gasteiger partial charge is 0.509 e. The van der Waals surface area contributed by atoms with Crippen molar-refractivity contribution in [3.63, 3.8) is 0 Å². The Hall–Kier alpha value is -6.42. The maximum absolute atomic E-state index is 9.18. The van der Waals surface area contributed by atoms with Gasteiger partial charge < -0.3 is 19.1 Å². The molecule has 1 aliphatic heterocycles. The molecule has 3 aliphatic rings. The fourth-order valence-electron chi connectivity index (χ4n) is 12.6. The molecule has 0 amide bonds. The van der Waals surface area contributed by atoms with E-state index in [1.165, 1.54) is 50.1 Å². The van der Waals surface area contributed by atoms with Gasteiger partial charge in [-0.15, -0.1) is 47.6 Å². The summed E-state index contributed by atoms with van der Waals surface area (Å²) in [6.07, 6.45) is 6.31. The summed E-state index contributed by atoms with van der Waals surface area (Å²) < 4.78 is 44.3. The zero-order valence-corrected chi connectivity index (χ0v) is 51.2. The molecule has 7 aromatic carbocycles. The molecule has 6 heteroatoms. The van der Waals surface area contributed by atoms with Gasteiger partial charge >= 0.3 is 0 Å². The first-order valence-electron chi connectivity index (χ1n) is 30.1. The molecular weight excluding hydrogens is 1140 g/mol. The molecule has 79 heavy (non-hydrogen) atoms. The van der Waals surface area contributed by atoms with Crippen LogP contribution < -0.4 is 14.5 Å². The number of fused-ring (bicyclic) bond motifs is 6. The van der Waals surface area contributed by atoms with Crippen LogP contribution in [0.15, 0.2) is 140 Å². The fourth-order valence-corrected chi connectivity index (χ4v) is 12.6. The Kier molecular flexibility index (Phi) is 12.0. The second-order valence-corrected chi connectivity index (χ2v) is 27.3. The van der Waals surface area contributed by atoms with Crippen LogP contribution in [0.4, 0.5) is 22.7 Å². The third-order valence-electron chi connectivity index (χ3n) is 17.9. The minimum atomic E-state index is -0.307. The average Bonchev–Trinajstić information content (AvgIpc) is 3.37. The number of aryl methyl sites for hydroxylation is 1. The number of nitrogens with zero attached hydrogens (tertiary/aromatic N) is 4. The van der Waals surface area contributed by atoms with Gasteiger partial charge in [-0.3, -0.25) is 0 Å². The third kappa shape index (κ3) is 9.44. The Bertz CT molecular complexity index is 4020. The number of benzene rings is 7. The van der Waals surface area contributed by atoms with Gasteiger partial charge in [-0.2, -0.15) is 12.1 Å². The molecule has 0 unspecified atom stereocenters. The number of anilines is 4. The molecule has 0 bridgehead atoms. The number of pyridine rings is 1. The van der Waals surface area contributed by atoms with Crippen LogP contribution in [-0.2, 0) is 53.6 Å². The van der Waals surface area contributed by atoms with Crippen LogP contribution in [0, 0.1) is 25.7 Å². The van der Waals surface area contributed by atoms with E-state index < -0.39 is 0 Å². The van der Waals surface area contributed by atoms with Gasteiger partial charge in [0.15, 0.2) is 0 Å². The van der Waals surface area contributed by atoms with Gasteiger partial charge in [0.05, 0.1) is 5.48 Å². The number of hydrogen-bond acceptors (Lipinski definition) is 4. The van der Waals surface area contributed by atoms with E-state index in [9.17, 15) is 1.37 Å². The van der Waals surface area contributed by atoms with Gasteiger partial charge in [0.25, 0.3) is 0 Å². The zero-order valence-electron chi connectivity index (χ0n) is 52.9. The Balaban J connectivity index is 0.00000721. The second-order valence-electron chi connectivity index (χ2n) is 27.3. The van der Waals surface area contributed by atoms with Gasteiger partial charge in [-0.25, -0.2) is 4.98 Å². The molecule has 0 fully saturated rings. The second kappa shape index (κ2) is 19.1. The molecule has 0 N–H and O–H groups in total. The van der Waals surface area contributed by atoms with Crippen LogP contribution in [0.1, 0.15) is 167 Å². The van der Waals surface area contributed by atoms with Crippen molar-refractivity contribution < 1.29 is 31.3 Å². The minimum Gasteiger partial charge on any atom is -0.509 e. The molecule has 2 aliphatic carbocycles. The smallest absolute Gasteiger partial charge is 0.135 e. The molecule has 0 radical (unpaired) electrons. The van der Waals surface area contributed by atoms with Crippen molar-refractivity contribution in [1.29, 1.82) is 0 Å². The first-order chi connectivity index (χ1) is 38.4. The first-order valence-corrected chi connectivity index (χ1v) is 28.1. The quantitative estimate of drug-likeness (QED) is 0.149. The summed E-state index contributed by atoms with van der Waals surface area (Å²) in [5, 5.41) is 1.03. The molecule has 9 aromatic rings. The molecular formula is C73H77N4OPt-3. The van der Waals surface area contributed by atoms with Gasteiger partial charge in [-0.1, -0.05) is 176 Å². The number of aromatic nitrogens is 2. The predicted octanol–water partition coefficient (Wildman–Crippen LogP) is 19.9. The summed E-state index contributed by atoms with van der Waals surface area (Å²) in [4.78, 5) is 9.44. The summed E-state index contributed by atoms with van der Waals surface area (Å²) in [5.41, 5.74) is 18.4. The van der Waals surface area contributed by atoms with Gasteiger partial charge in [0, 0.05) is 72.5 Å². The SMILES string of the molecule is [2H]c1c([2H])c([2H])c2c(c1[2H])c1ccc(Oc3[c-]c(N4[CH-]N(c5c(-c6ccc7c(c6)C(C)(C)CCC7(C)C)cc(C(C)(C)C)cc5-c5ccc6c(c5)C(C)(C)CCC6(C)C)c5ccccc54)ccc3C)[c-]c1n2-c1cc(C(C)(C)C)ccn1.[Pt]. The molecule has 12 rings (SSSR count). The van der Waals surface area contributed by atoms with Crippen molar-refractivity contribution in [2.45, 2.75) is 162 Å². The maximum Gasteiger partial charge on any atom is 0.135 e. The number of hydrogen-bond donors (Lipinski definition) is 0. The van der Waals surface area contributed by atoms with Crippen molar-refractivity contribution >= 4 is 44.6 Å². The zero-order chi connectivity index (χ0) is 58.5. The molecule has 0 atom stereocenters. The standard InChI is InChI=1S/C73H77N4O.Pt/c1-46-24-27-51(43-65(46)78-52-28-29-54-53-20-16-17-21-61(53)77(64(54)44-52)66-42-49(32-37-74-66)68(2,3)4)75-45-76(63-23-19-18-22-62(63)75)67-55(47-25-30-57-59(38-47)72(12,13)35-33-70(57,8)9)40-50(69(5,6)7)41-56(67)48-26-31-58-60(39-48)73(14,15)36-34-71(58,10)11;/h16-32,37-42,45H,33-36H2,1-15H3;/q-3;/i16D,17D,20D,21D;. The van der Waals surface area contributed by atoms with Crippen LogP contribution in [-0.4, -0.2) is 9.55 Å². The molecule has 2 aromatic heterocycles. The van der Waals surface area contributed by atoms with Crippen LogP contribution in [0.2, 0.25) is 0 Å². The van der Waals surface area contributed by atoms with Crippen molar-refractivity contribution in [3.8, 4) is 39.6 Å². The summed E-state index contributed by atoms with van der Waals surface area (Å²) in [7, 11) is 0. The Morgan fingerprint density at radius 3 is 1.72 bits per heavy atom. The molecule has 0 saturated carbocycles. The molecule has 0 spiro atoms. The summed E-state index contributed by atoms with van der Waals surface area (Å²) >= 11 is 0. The Morgan fingerprint density at radius 1 is 0.582 bits per heavy atom. The van der Waals surface area contributed by atoms with Crippen molar-refractivity contribution in [2.24, 2.45) is 0 Å². The Morgan fingerprint density at radius 2 is 1.14 bits per heavy atom. The summed E-state index contributed by atoms with van der Waals surface area (Å²) in [5.74, 6) is 1.46. The molecule has 3 heterocycles. The predicted molar refractivity (Wildman–Crippen MR) is 328 cm³/mol. The van der Waals surface area contributed by atoms with E-state index in [0.29, 0.717) is 39.1 Å². The number of rotatable bonds is 7. The maximum atomic E-state index is 9.18. The van der Waals surface area contributed by atoms with Crippen LogP contribution in [0.5, 0.6) is 11.5 Å². The van der Waals surface area contributed by atoms with E-state index in [2.05, 4.69) is 210 Å². The molecule has 408 valence electrons. The van der Waals surface area contributed by atoms with Crippen LogP contribution in [0.3, 0.4) is 0 Å². The van der Waals surface area contributed by atoms with Gasteiger partial charge in [-0.05, 0) is 151 Å². The topological polar surface area (TPSA) is 33.5 Å². The van der Waals surface area contributed by atoms with E-state index in [-0.39, 0.29) is 77.7 Å². The van der Waals surface area contributed by atoms with E-state index in [4.69, 9.17) is 13.8 Å². The van der Waals surface area contributed by atoms with Crippen molar-refractivity contribution in [2.75, 3.05) is 9.80 Å². The average molecular weight is 1230 g/mol. The number of ether oxygens (including phenoxy) is 1. The van der Waals surface area contributed by atoms with E-state index in [1.54, 1.807) is 10.8 Å².